The summed E-state index contributed by atoms with van der Waals surface area (Å²) < 4.78 is 5.36. The lowest BCUT2D eigenvalue weighted by atomic mass is 9.92. The Hall–Kier alpha value is -2.55. The first-order valence-corrected chi connectivity index (χ1v) is 8.76. The molecule has 0 aromatic heterocycles. The van der Waals surface area contributed by atoms with Crippen molar-refractivity contribution >= 4 is 6.09 Å². The second-order valence-electron chi connectivity index (χ2n) is 6.58. The highest BCUT2D eigenvalue weighted by Crippen LogP contribution is 2.24. The number of carbonyl (C=O) groups excluding carboxylic acids is 1. The Morgan fingerprint density at radius 3 is 2.48 bits per heavy atom. The molecule has 0 spiro atoms. The molecule has 3 nitrogen and oxygen atoms in total. The normalized spacial score (nSPS) is 11.8. The average molecular weight is 337 g/mol. The molecule has 0 aliphatic carbocycles. The van der Waals surface area contributed by atoms with Crippen molar-refractivity contribution in [2.45, 2.75) is 39.3 Å². The summed E-state index contributed by atoms with van der Waals surface area (Å²) in [6.45, 7) is 8.48. The summed E-state index contributed by atoms with van der Waals surface area (Å²) >= 11 is 0. The van der Waals surface area contributed by atoms with Crippen LogP contribution in [0.4, 0.5) is 4.79 Å². The van der Waals surface area contributed by atoms with E-state index in [4.69, 9.17) is 4.74 Å². The molecule has 0 fully saturated rings. The highest BCUT2D eigenvalue weighted by atomic mass is 16.5. The molecule has 2 aromatic carbocycles. The zero-order chi connectivity index (χ0) is 18.1. The van der Waals surface area contributed by atoms with Crippen molar-refractivity contribution in [2.24, 2.45) is 5.92 Å². The first-order chi connectivity index (χ1) is 12.1. The fourth-order valence-electron chi connectivity index (χ4n) is 2.84. The van der Waals surface area contributed by atoms with Gasteiger partial charge in [0.15, 0.2) is 0 Å². The molecule has 0 bridgehead atoms. The van der Waals surface area contributed by atoms with E-state index in [1.807, 2.05) is 48.5 Å². The quantitative estimate of drug-likeness (QED) is 0.652. The molecule has 132 valence electrons. The Kier molecular flexibility index (Phi) is 7.27. The van der Waals surface area contributed by atoms with Crippen LogP contribution in [-0.4, -0.2) is 6.09 Å². The molecule has 2 rings (SSSR count). The minimum atomic E-state index is -0.407. The average Bonchev–Trinajstić information content (AvgIpc) is 2.60. The van der Waals surface area contributed by atoms with E-state index < -0.39 is 6.09 Å². The smallest absolute Gasteiger partial charge is 0.407 e. The van der Waals surface area contributed by atoms with Crippen molar-refractivity contribution in [3.8, 4) is 0 Å². The fraction of sp³-hybridized carbons (Fsp3) is 0.318. The molecule has 0 saturated carbocycles. The van der Waals surface area contributed by atoms with Crippen molar-refractivity contribution in [3.63, 3.8) is 0 Å². The fourth-order valence-corrected chi connectivity index (χ4v) is 2.84. The van der Waals surface area contributed by atoms with Gasteiger partial charge in [-0.1, -0.05) is 74.5 Å². The molecule has 1 N–H and O–H groups in total. The van der Waals surface area contributed by atoms with Gasteiger partial charge in [0.2, 0.25) is 0 Å². The molecule has 1 atom stereocenters. The van der Waals surface area contributed by atoms with Crippen LogP contribution in [0, 0.1) is 5.92 Å². The molecule has 3 heteroatoms. The van der Waals surface area contributed by atoms with Crippen LogP contribution in [0.1, 0.15) is 43.0 Å². The van der Waals surface area contributed by atoms with Gasteiger partial charge < -0.3 is 10.1 Å². The van der Waals surface area contributed by atoms with E-state index >= 15 is 0 Å². The molecule has 25 heavy (non-hydrogen) atoms. The lowest BCUT2D eigenvalue weighted by molar-refractivity contribution is 0.135. The molecule has 2 aromatic rings. The van der Waals surface area contributed by atoms with Crippen LogP contribution in [0.15, 0.2) is 67.3 Å². The predicted octanol–water partition coefficient (Wildman–Crippen LogP) is 5.43. The molecular formula is C22H27NO2. The summed E-state index contributed by atoms with van der Waals surface area (Å²) in [6.07, 6.45) is 3.06. The molecule has 0 aliphatic rings. The van der Waals surface area contributed by atoms with E-state index in [0.717, 1.165) is 17.5 Å². The lowest BCUT2D eigenvalue weighted by Gasteiger charge is -2.21. The Bertz CT molecular complexity index is 679. The third-order valence-corrected chi connectivity index (χ3v) is 3.97. The van der Waals surface area contributed by atoms with Gasteiger partial charge in [0, 0.05) is 0 Å². The van der Waals surface area contributed by atoms with Crippen LogP contribution in [0.2, 0.25) is 0 Å². The lowest BCUT2D eigenvalue weighted by Crippen LogP contribution is -2.29. The number of carbonyl (C=O) groups is 1. The van der Waals surface area contributed by atoms with Crippen LogP contribution >= 0.6 is 0 Å². The van der Waals surface area contributed by atoms with Crippen molar-refractivity contribution in [1.82, 2.24) is 5.32 Å². The van der Waals surface area contributed by atoms with Gasteiger partial charge in [0.05, 0.1) is 6.04 Å². The van der Waals surface area contributed by atoms with E-state index in [1.54, 1.807) is 0 Å². The standard InChI is InChI=1S/C22H27NO2/c1-4-10-21(20-14-9-8-13-19(20)15-17(2)3)23-22(24)25-16-18-11-6-5-7-12-18/h4-9,11-14,17,21H,1,10,15-16H2,2-3H3,(H,23,24)/t21-/m0/s1. The first-order valence-electron chi connectivity index (χ1n) is 8.76. The topological polar surface area (TPSA) is 38.3 Å². The van der Waals surface area contributed by atoms with Crippen molar-refractivity contribution in [1.29, 1.82) is 0 Å². The van der Waals surface area contributed by atoms with Gasteiger partial charge in [0.25, 0.3) is 0 Å². The number of nitrogens with one attached hydrogen (secondary N) is 1. The van der Waals surface area contributed by atoms with Gasteiger partial charge >= 0.3 is 6.09 Å². The molecule has 0 aliphatic heterocycles. The molecule has 0 saturated heterocycles. The highest BCUT2D eigenvalue weighted by molar-refractivity contribution is 5.68. The van der Waals surface area contributed by atoms with Crippen LogP contribution < -0.4 is 5.32 Å². The summed E-state index contributed by atoms with van der Waals surface area (Å²) in [4.78, 5) is 12.2. The number of ether oxygens (including phenoxy) is 1. The van der Waals surface area contributed by atoms with Gasteiger partial charge in [-0.2, -0.15) is 0 Å². The van der Waals surface area contributed by atoms with Crippen LogP contribution in [-0.2, 0) is 17.8 Å². The SMILES string of the molecule is C=CC[C@H](NC(=O)OCc1ccccc1)c1ccccc1CC(C)C. The van der Waals surface area contributed by atoms with Crippen molar-refractivity contribution in [3.05, 3.63) is 83.9 Å². The number of benzene rings is 2. The summed E-state index contributed by atoms with van der Waals surface area (Å²) in [5.74, 6) is 0.551. The Morgan fingerprint density at radius 1 is 1.12 bits per heavy atom. The minimum Gasteiger partial charge on any atom is -0.445 e. The highest BCUT2D eigenvalue weighted by Gasteiger charge is 2.17. The number of hydrogen-bond acceptors (Lipinski definition) is 2. The first kappa shape index (κ1) is 18.8. The number of alkyl carbamates (subject to hydrolysis) is 1. The molecular weight excluding hydrogens is 310 g/mol. The van der Waals surface area contributed by atoms with Gasteiger partial charge in [-0.15, -0.1) is 6.58 Å². The Balaban J connectivity index is 2.05. The molecule has 1 amide bonds. The number of hydrogen-bond donors (Lipinski definition) is 1. The predicted molar refractivity (Wildman–Crippen MR) is 102 cm³/mol. The monoisotopic (exact) mass is 337 g/mol. The second kappa shape index (κ2) is 9.67. The van der Waals surface area contributed by atoms with E-state index in [9.17, 15) is 4.79 Å². The van der Waals surface area contributed by atoms with Gasteiger partial charge in [-0.25, -0.2) is 4.79 Å². The number of amides is 1. The van der Waals surface area contributed by atoms with E-state index in [2.05, 4.69) is 37.9 Å². The molecule has 0 radical (unpaired) electrons. The zero-order valence-electron chi connectivity index (χ0n) is 15.1. The minimum absolute atomic E-state index is 0.129. The molecule has 0 unspecified atom stereocenters. The maximum absolute atomic E-state index is 12.2. The Labute approximate surface area is 150 Å². The van der Waals surface area contributed by atoms with Crippen LogP contribution in [0.25, 0.3) is 0 Å². The number of rotatable bonds is 8. The second-order valence-corrected chi connectivity index (χ2v) is 6.58. The zero-order valence-corrected chi connectivity index (χ0v) is 15.1. The van der Waals surface area contributed by atoms with E-state index in [-0.39, 0.29) is 12.6 Å². The third kappa shape index (κ3) is 6.11. The van der Waals surface area contributed by atoms with E-state index in [1.165, 1.54) is 5.56 Å². The van der Waals surface area contributed by atoms with E-state index in [0.29, 0.717) is 12.3 Å². The third-order valence-electron chi connectivity index (χ3n) is 3.97. The molecule has 0 heterocycles. The van der Waals surface area contributed by atoms with Crippen LogP contribution in [0.5, 0.6) is 0 Å². The Morgan fingerprint density at radius 2 is 1.80 bits per heavy atom. The van der Waals surface area contributed by atoms with Crippen molar-refractivity contribution in [2.75, 3.05) is 0 Å². The van der Waals surface area contributed by atoms with Crippen LogP contribution in [0.3, 0.4) is 0 Å². The largest absolute Gasteiger partial charge is 0.445 e. The summed E-state index contributed by atoms with van der Waals surface area (Å²) in [6, 6.07) is 17.8. The van der Waals surface area contributed by atoms with Crippen molar-refractivity contribution < 1.29 is 9.53 Å². The van der Waals surface area contributed by atoms with Gasteiger partial charge in [-0.3, -0.25) is 0 Å². The van der Waals surface area contributed by atoms with Gasteiger partial charge in [0.1, 0.15) is 6.61 Å². The maximum atomic E-state index is 12.2. The summed E-state index contributed by atoms with van der Waals surface area (Å²) in [5.41, 5.74) is 3.36. The summed E-state index contributed by atoms with van der Waals surface area (Å²) in [5, 5.41) is 2.99. The maximum Gasteiger partial charge on any atom is 0.407 e. The summed E-state index contributed by atoms with van der Waals surface area (Å²) in [7, 11) is 0. The van der Waals surface area contributed by atoms with Gasteiger partial charge in [-0.05, 0) is 35.4 Å².